The molecule has 7 atom stereocenters. The van der Waals surface area contributed by atoms with E-state index in [1.165, 1.54) is 173 Å². The van der Waals surface area contributed by atoms with Crippen LogP contribution in [0.5, 0.6) is 0 Å². The van der Waals surface area contributed by atoms with Crippen molar-refractivity contribution in [2.45, 2.75) is 395 Å². The minimum absolute atomic E-state index is 0.102. The molecule has 0 aromatic heterocycles. The van der Waals surface area contributed by atoms with Gasteiger partial charge in [-0.25, -0.2) is 9.13 Å². The maximum atomic E-state index is 13.1. The van der Waals surface area contributed by atoms with Gasteiger partial charge in [0.1, 0.15) is 19.3 Å². The Hall–Kier alpha value is -1.94. The molecule has 3 N–H and O–H groups in total. The first-order chi connectivity index (χ1) is 45.2. The normalized spacial score (nSPS) is 14.7. The fourth-order valence-electron chi connectivity index (χ4n) is 11.3. The quantitative estimate of drug-likeness (QED) is 0.0222. The zero-order chi connectivity index (χ0) is 69.6. The van der Waals surface area contributed by atoms with Gasteiger partial charge in [0.2, 0.25) is 0 Å². The molecular formula is C75H146O17P2. The first kappa shape index (κ1) is 92.1. The Morgan fingerprint density at radius 2 is 0.511 bits per heavy atom. The number of carbonyl (C=O) groups is 4. The maximum Gasteiger partial charge on any atom is 0.472 e. The molecule has 0 bridgehead atoms. The molecule has 0 rings (SSSR count). The van der Waals surface area contributed by atoms with Gasteiger partial charge in [-0.05, 0) is 49.4 Å². The second-order valence-electron chi connectivity index (χ2n) is 28.5. The van der Waals surface area contributed by atoms with Crippen molar-refractivity contribution < 1.29 is 80.2 Å². The molecule has 0 aliphatic heterocycles. The summed E-state index contributed by atoms with van der Waals surface area (Å²) in [6, 6.07) is 0. The van der Waals surface area contributed by atoms with Gasteiger partial charge in [0.25, 0.3) is 0 Å². The smallest absolute Gasteiger partial charge is 0.462 e. The van der Waals surface area contributed by atoms with E-state index < -0.39 is 97.5 Å². The molecule has 0 heterocycles. The average molecular weight is 1380 g/mol. The van der Waals surface area contributed by atoms with Crippen molar-refractivity contribution in [2.24, 2.45) is 23.7 Å². The summed E-state index contributed by atoms with van der Waals surface area (Å²) < 4.78 is 68.4. The number of phosphoric ester groups is 2. The van der Waals surface area contributed by atoms with Crippen molar-refractivity contribution in [1.82, 2.24) is 0 Å². The fraction of sp³-hybridized carbons (Fsp3) is 0.947. The molecule has 0 fully saturated rings. The standard InChI is InChI=1S/C75H146O17P2/c1-9-67(7)53-45-37-29-23-19-17-15-13-11-12-14-16-18-20-24-30-39-47-55-72(77)85-61-70(91-74(79)57-49-41-31-25-21-22-27-35-43-51-65(3)4)63-89-93(81,82)87-59-69(76)60-88-94(83,84)90-64-71(92-75(80)58-50-42-34-33-38-46-54-68(8)10-2)62-86-73(78)56-48-40-32-26-28-36-44-52-66(5)6/h65-71,76H,9-64H2,1-8H3,(H,81,82)(H,83,84)/t67?,68?,69?,70-,71-/m1/s1. The Balaban J connectivity index is 5.14. The number of aliphatic hydroxyl groups excluding tert-OH is 1. The number of phosphoric acid groups is 2. The van der Waals surface area contributed by atoms with E-state index in [9.17, 15) is 43.2 Å². The highest BCUT2D eigenvalue weighted by atomic mass is 31.2. The summed E-state index contributed by atoms with van der Waals surface area (Å²) in [5.41, 5.74) is 0. The van der Waals surface area contributed by atoms with E-state index in [2.05, 4.69) is 55.4 Å². The van der Waals surface area contributed by atoms with Crippen molar-refractivity contribution in [3.8, 4) is 0 Å². The summed E-state index contributed by atoms with van der Waals surface area (Å²) in [4.78, 5) is 72.6. The third-order valence-corrected chi connectivity index (χ3v) is 19.9. The summed E-state index contributed by atoms with van der Waals surface area (Å²) in [6.07, 6.45) is 48.9. The molecule has 5 unspecified atom stereocenters. The number of ether oxygens (including phenoxy) is 4. The van der Waals surface area contributed by atoms with Crippen LogP contribution in [-0.2, 0) is 65.4 Å². The van der Waals surface area contributed by atoms with E-state index in [1.54, 1.807) is 0 Å². The maximum absolute atomic E-state index is 13.1. The summed E-state index contributed by atoms with van der Waals surface area (Å²) >= 11 is 0. The number of rotatable bonds is 72. The Labute approximate surface area is 575 Å². The van der Waals surface area contributed by atoms with Crippen molar-refractivity contribution >= 4 is 39.5 Å². The second-order valence-corrected chi connectivity index (χ2v) is 31.4. The molecule has 0 saturated carbocycles. The Kier molecular flexibility index (Phi) is 63.1. The minimum atomic E-state index is -4.96. The third-order valence-electron chi connectivity index (χ3n) is 18.0. The minimum Gasteiger partial charge on any atom is -0.462 e. The summed E-state index contributed by atoms with van der Waals surface area (Å²) in [6.45, 7) is 14.1. The monoisotopic (exact) mass is 1380 g/mol. The lowest BCUT2D eigenvalue weighted by molar-refractivity contribution is -0.161. The van der Waals surface area contributed by atoms with Crippen LogP contribution in [0.2, 0.25) is 0 Å². The van der Waals surface area contributed by atoms with Gasteiger partial charge in [0.15, 0.2) is 12.2 Å². The molecule has 0 aliphatic carbocycles. The van der Waals surface area contributed by atoms with Crippen LogP contribution in [0.25, 0.3) is 0 Å². The van der Waals surface area contributed by atoms with E-state index in [0.29, 0.717) is 31.6 Å². The molecule has 0 aliphatic rings. The van der Waals surface area contributed by atoms with Crippen LogP contribution >= 0.6 is 15.6 Å². The SMILES string of the molecule is CCC(C)CCCCCCCCCCCCCCCCCCCCC(=O)OC[C@H](COP(=O)(O)OCC(O)COP(=O)(O)OC[C@@H](COC(=O)CCCCCCCCCC(C)C)OC(=O)CCCCCCCCC(C)CC)OC(=O)CCCCCCCCCCCC(C)C. The van der Waals surface area contributed by atoms with E-state index in [1.807, 2.05) is 0 Å². The van der Waals surface area contributed by atoms with Crippen molar-refractivity contribution in [3.05, 3.63) is 0 Å². The molecule has 17 nitrogen and oxygen atoms in total. The predicted molar refractivity (Wildman–Crippen MR) is 381 cm³/mol. The lowest BCUT2D eigenvalue weighted by Gasteiger charge is -2.21. The van der Waals surface area contributed by atoms with E-state index in [-0.39, 0.29) is 25.7 Å². The van der Waals surface area contributed by atoms with Crippen LogP contribution < -0.4 is 0 Å². The molecule has 0 saturated heterocycles. The highest BCUT2D eigenvalue weighted by Crippen LogP contribution is 2.45. The first-order valence-electron chi connectivity index (χ1n) is 38.8. The lowest BCUT2D eigenvalue weighted by Crippen LogP contribution is -2.30. The molecule has 0 aromatic carbocycles. The van der Waals surface area contributed by atoms with Crippen LogP contribution in [0, 0.1) is 23.7 Å². The summed E-state index contributed by atoms with van der Waals surface area (Å²) in [5, 5.41) is 10.6. The topological polar surface area (TPSA) is 237 Å². The Bertz CT molecular complexity index is 1850. The first-order valence-corrected chi connectivity index (χ1v) is 41.8. The zero-order valence-electron chi connectivity index (χ0n) is 61.6. The van der Waals surface area contributed by atoms with Gasteiger partial charge in [-0.15, -0.1) is 0 Å². The van der Waals surface area contributed by atoms with Gasteiger partial charge in [0, 0.05) is 25.7 Å². The molecule has 0 aromatic rings. The number of hydrogen-bond acceptors (Lipinski definition) is 15. The van der Waals surface area contributed by atoms with Crippen LogP contribution in [-0.4, -0.2) is 96.7 Å². The average Bonchev–Trinajstić information content (AvgIpc) is 1.23. The number of unbranched alkanes of at least 4 members (excludes halogenated alkanes) is 36. The Morgan fingerprint density at radius 3 is 0.755 bits per heavy atom. The third kappa shape index (κ3) is 66.0. The van der Waals surface area contributed by atoms with Gasteiger partial charge in [-0.1, -0.05) is 325 Å². The van der Waals surface area contributed by atoms with Gasteiger partial charge < -0.3 is 33.8 Å². The fourth-order valence-corrected chi connectivity index (χ4v) is 12.9. The predicted octanol–water partition coefficient (Wildman–Crippen LogP) is 21.7. The van der Waals surface area contributed by atoms with Crippen molar-refractivity contribution in [2.75, 3.05) is 39.6 Å². The summed E-state index contributed by atoms with van der Waals surface area (Å²) in [5.74, 6) is 0.907. The number of esters is 4. The molecule has 94 heavy (non-hydrogen) atoms. The second kappa shape index (κ2) is 64.4. The molecular weight excluding hydrogens is 1230 g/mol. The zero-order valence-corrected chi connectivity index (χ0v) is 63.4. The highest BCUT2D eigenvalue weighted by Gasteiger charge is 2.30. The van der Waals surface area contributed by atoms with Gasteiger partial charge in [-0.2, -0.15) is 0 Å². The van der Waals surface area contributed by atoms with Crippen LogP contribution in [0.1, 0.15) is 376 Å². The Morgan fingerprint density at radius 1 is 0.298 bits per heavy atom. The molecule has 0 spiro atoms. The van der Waals surface area contributed by atoms with Gasteiger partial charge in [0.05, 0.1) is 26.4 Å². The van der Waals surface area contributed by atoms with E-state index in [4.69, 9.17) is 37.0 Å². The molecule has 0 radical (unpaired) electrons. The number of aliphatic hydroxyl groups is 1. The van der Waals surface area contributed by atoms with Crippen LogP contribution in [0.15, 0.2) is 0 Å². The number of carbonyl (C=O) groups excluding carboxylic acids is 4. The lowest BCUT2D eigenvalue weighted by atomic mass is 9.99. The van der Waals surface area contributed by atoms with Gasteiger partial charge in [-0.3, -0.25) is 37.3 Å². The van der Waals surface area contributed by atoms with Gasteiger partial charge >= 0.3 is 39.5 Å². The molecule has 558 valence electrons. The van der Waals surface area contributed by atoms with Crippen molar-refractivity contribution in [1.29, 1.82) is 0 Å². The van der Waals surface area contributed by atoms with E-state index >= 15 is 0 Å². The van der Waals surface area contributed by atoms with E-state index in [0.717, 1.165) is 114 Å². The molecule has 0 amide bonds. The van der Waals surface area contributed by atoms with Crippen molar-refractivity contribution in [3.63, 3.8) is 0 Å². The van der Waals surface area contributed by atoms with Crippen LogP contribution in [0.4, 0.5) is 0 Å². The summed E-state index contributed by atoms with van der Waals surface area (Å²) in [7, 11) is -9.91. The highest BCUT2D eigenvalue weighted by molar-refractivity contribution is 7.47. The number of hydrogen-bond donors (Lipinski definition) is 3. The van der Waals surface area contributed by atoms with Crippen LogP contribution in [0.3, 0.4) is 0 Å². The molecule has 19 heteroatoms. The largest absolute Gasteiger partial charge is 0.472 e.